The second-order valence-corrected chi connectivity index (χ2v) is 4.65. The molecular weight excluding hydrogens is 296 g/mol. The number of hydrogen-bond donors (Lipinski definition) is 1. The van der Waals surface area contributed by atoms with E-state index in [0.29, 0.717) is 12.1 Å². The molecule has 1 unspecified atom stereocenters. The second kappa shape index (κ2) is 5.81. The summed E-state index contributed by atoms with van der Waals surface area (Å²) in [5, 5.41) is 10.0. The fourth-order valence-corrected chi connectivity index (χ4v) is 2.08. The molecule has 0 spiro atoms. The number of halogens is 5. The predicted octanol–water partition coefficient (Wildman–Crippen LogP) is 4.17. The van der Waals surface area contributed by atoms with Crippen LogP contribution in [-0.4, -0.2) is 5.11 Å². The van der Waals surface area contributed by atoms with Crippen LogP contribution < -0.4 is 0 Å². The first-order valence-corrected chi connectivity index (χ1v) is 6.02. The maximum atomic E-state index is 13.5. The van der Waals surface area contributed by atoms with E-state index in [9.17, 15) is 22.7 Å². The van der Waals surface area contributed by atoms with Crippen LogP contribution in [0.25, 0.3) is 0 Å². The van der Waals surface area contributed by atoms with Gasteiger partial charge in [-0.15, -0.1) is 0 Å². The summed E-state index contributed by atoms with van der Waals surface area (Å²) >= 11 is 5.81. The molecule has 1 atom stereocenters. The van der Waals surface area contributed by atoms with Gasteiger partial charge < -0.3 is 5.11 Å². The van der Waals surface area contributed by atoms with Gasteiger partial charge in [0.05, 0.1) is 11.7 Å². The van der Waals surface area contributed by atoms with Crippen LogP contribution in [0.4, 0.5) is 17.6 Å². The zero-order valence-electron chi connectivity index (χ0n) is 10.0. The lowest BCUT2D eigenvalue weighted by Crippen LogP contribution is -2.08. The molecule has 106 valence electrons. The highest BCUT2D eigenvalue weighted by molar-refractivity contribution is 6.31. The summed E-state index contributed by atoms with van der Waals surface area (Å²) < 4.78 is 52.9. The Balaban J connectivity index is 2.33. The lowest BCUT2D eigenvalue weighted by atomic mass is 10.00. The lowest BCUT2D eigenvalue weighted by Gasteiger charge is -2.14. The number of aliphatic hydroxyl groups excluding tert-OH is 1. The van der Waals surface area contributed by atoms with Gasteiger partial charge in [-0.2, -0.15) is 0 Å². The van der Waals surface area contributed by atoms with E-state index < -0.39 is 34.9 Å². The first kappa shape index (κ1) is 14.8. The average molecular weight is 305 g/mol. The molecule has 0 saturated heterocycles. The molecule has 0 saturated carbocycles. The molecule has 20 heavy (non-hydrogen) atoms. The maximum absolute atomic E-state index is 13.5. The third-order valence-corrected chi connectivity index (χ3v) is 3.17. The van der Waals surface area contributed by atoms with Gasteiger partial charge in [0, 0.05) is 23.6 Å². The summed E-state index contributed by atoms with van der Waals surface area (Å²) in [6.07, 6.45) is -1.90. The van der Waals surface area contributed by atoms with Gasteiger partial charge >= 0.3 is 0 Å². The molecule has 0 fully saturated rings. The Bertz CT molecular complexity index is 622. The van der Waals surface area contributed by atoms with E-state index in [0.717, 1.165) is 12.1 Å². The average Bonchev–Trinajstić information content (AvgIpc) is 2.32. The maximum Gasteiger partial charge on any atom is 0.134 e. The third-order valence-electron chi connectivity index (χ3n) is 2.80. The van der Waals surface area contributed by atoms with Crippen LogP contribution in [0.15, 0.2) is 30.3 Å². The van der Waals surface area contributed by atoms with Gasteiger partial charge in [-0.1, -0.05) is 11.6 Å². The van der Waals surface area contributed by atoms with Crippen molar-refractivity contribution >= 4 is 11.6 Å². The molecule has 1 nitrogen and oxygen atoms in total. The van der Waals surface area contributed by atoms with E-state index in [1.807, 2.05) is 0 Å². The van der Waals surface area contributed by atoms with Crippen molar-refractivity contribution in [2.24, 2.45) is 0 Å². The van der Waals surface area contributed by atoms with Crippen LogP contribution in [-0.2, 0) is 6.42 Å². The SMILES string of the molecule is OC(Cc1cc(F)ccc1Cl)c1c(F)cc(F)cc1F. The van der Waals surface area contributed by atoms with Crippen LogP contribution in [0.1, 0.15) is 17.2 Å². The van der Waals surface area contributed by atoms with Crippen LogP contribution in [0.2, 0.25) is 5.02 Å². The molecule has 2 rings (SSSR count). The highest BCUT2D eigenvalue weighted by Crippen LogP contribution is 2.28. The van der Waals surface area contributed by atoms with Crippen molar-refractivity contribution < 1.29 is 22.7 Å². The number of rotatable bonds is 3. The minimum atomic E-state index is -1.60. The van der Waals surface area contributed by atoms with Crippen molar-refractivity contribution in [3.63, 3.8) is 0 Å². The predicted molar refractivity (Wildman–Crippen MR) is 66.4 cm³/mol. The van der Waals surface area contributed by atoms with Gasteiger partial charge in [0.1, 0.15) is 23.3 Å². The Labute approximate surface area is 117 Å². The van der Waals surface area contributed by atoms with Crippen LogP contribution in [0, 0.1) is 23.3 Å². The minimum absolute atomic E-state index is 0.161. The fourth-order valence-electron chi connectivity index (χ4n) is 1.88. The van der Waals surface area contributed by atoms with E-state index in [-0.39, 0.29) is 17.0 Å². The van der Waals surface area contributed by atoms with Crippen molar-refractivity contribution in [1.29, 1.82) is 0 Å². The summed E-state index contributed by atoms with van der Waals surface area (Å²) in [6.45, 7) is 0. The third kappa shape index (κ3) is 3.11. The molecule has 0 aliphatic rings. The van der Waals surface area contributed by atoms with Gasteiger partial charge in [-0.25, -0.2) is 17.6 Å². The fraction of sp³-hybridized carbons (Fsp3) is 0.143. The molecule has 2 aromatic carbocycles. The Morgan fingerprint density at radius 3 is 2.15 bits per heavy atom. The molecule has 0 amide bonds. The van der Waals surface area contributed by atoms with Gasteiger partial charge in [-0.3, -0.25) is 0 Å². The Kier molecular flexibility index (Phi) is 4.30. The monoisotopic (exact) mass is 304 g/mol. The Morgan fingerprint density at radius 1 is 0.950 bits per heavy atom. The first-order valence-electron chi connectivity index (χ1n) is 5.65. The van der Waals surface area contributed by atoms with Crippen molar-refractivity contribution in [2.45, 2.75) is 12.5 Å². The lowest BCUT2D eigenvalue weighted by molar-refractivity contribution is 0.168. The normalized spacial score (nSPS) is 12.5. The second-order valence-electron chi connectivity index (χ2n) is 4.24. The number of hydrogen-bond acceptors (Lipinski definition) is 1. The smallest absolute Gasteiger partial charge is 0.134 e. The zero-order valence-corrected chi connectivity index (χ0v) is 10.8. The van der Waals surface area contributed by atoms with E-state index >= 15 is 0 Å². The molecule has 6 heteroatoms. The topological polar surface area (TPSA) is 20.2 Å². The van der Waals surface area contributed by atoms with Gasteiger partial charge in [0.25, 0.3) is 0 Å². The van der Waals surface area contributed by atoms with Crippen molar-refractivity contribution in [1.82, 2.24) is 0 Å². The summed E-state index contributed by atoms with van der Waals surface area (Å²) in [7, 11) is 0. The van der Waals surface area contributed by atoms with Crippen LogP contribution in [0.5, 0.6) is 0 Å². The van der Waals surface area contributed by atoms with Gasteiger partial charge in [0.15, 0.2) is 0 Å². The largest absolute Gasteiger partial charge is 0.388 e. The molecule has 0 aliphatic heterocycles. The molecule has 0 bridgehead atoms. The molecule has 0 aromatic heterocycles. The highest BCUT2D eigenvalue weighted by atomic mass is 35.5. The Hall–Kier alpha value is -1.59. The van der Waals surface area contributed by atoms with Crippen LogP contribution in [0.3, 0.4) is 0 Å². The highest BCUT2D eigenvalue weighted by Gasteiger charge is 2.21. The van der Waals surface area contributed by atoms with Crippen molar-refractivity contribution in [3.8, 4) is 0 Å². The van der Waals surface area contributed by atoms with Crippen molar-refractivity contribution in [3.05, 3.63) is 69.8 Å². The quantitative estimate of drug-likeness (QED) is 0.844. The number of aliphatic hydroxyl groups is 1. The number of benzene rings is 2. The van der Waals surface area contributed by atoms with E-state index in [2.05, 4.69) is 0 Å². The van der Waals surface area contributed by atoms with E-state index in [1.54, 1.807) is 0 Å². The summed E-state index contributed by atoms with van der Waals surface area (Å²) in [4.78, 5) is 0. The van der Waals surface area contributed by atoms with Gasteiger partial charge in [-0.05, 0) is 23.8 Å². The first-order chi connectivity index (χ1) is 9.38. The van der Waals surface area contributed by atoms with Crippen LogP contribution >= 0.6 is 11.6 Å². The van der Waals surface area contributed by atoms with E-state index in [1.165, 1.54) is 6.07 Å². The minimum Gasteiger partial charge on any atom is -0.388 e. The zero-order chi connectivity index (χ0) is 14.9. The molecule has 1 N–H and O–H groups in total. The molecule has 0 radical (unpaired) electrons. The Morgan fingerprint density at radius 2 is 1.55 bits per heavy atom. The molecule has 0 heterocycles. The summed E-state index contributed by atoms with van der Waals surface area (Å²) in [5.41, 5.74) is -0.478. The molecule has 2 aromatic rings. The van der Waals surface area contributed by atoms with Gasteiger partial charge in [0.2, 0.25) is 0 Å². The van der Waals surface area contributed by atoms with E-state index in [4.69, 9.17) is 11.6 Å². The summed E-state index contributed by atoms with van der Waals surface area (Å²) in [6, 6.07) is 4.39. The van der Waals surface area contributed by atoms with Crippen molar-refractivity contribution in [2.75, 3.05) is 0 Å². The molecule has 0 aliphatic carbocycles. The molecular formula is C14H9ClF4O. The summed E-state index contributed by atoms with van der Waals surface area (Å²) in [5.74, 6) is -4.08. The standard InChI is InChI=1S/C14H9ClF4O/c15-10-2-1-8(16)3-7(10)4-13(20)14-11(18)5-9(17)6-12(14)19/h1-3,5-6,13,20H,4H2.